The molecule has 0 radical (unpaired) electrons. The van der Waals surface area contributed by atoms with E-state index >= 15 is 0 Å². The number of aromatic nitrogens is 2. The van der Waals surface area contributed by atoms with E-state index in [0.29, 0.717) is 12.1 Å². The molecule has 1 aromatic rings. The average Bonchev–Trinajstić information content (AvgIpc) is 2.88. The molecule has 4 heteroatoms. The number of rotatable bonds is 6. The third kappa shape index (κ3) is 4.05. The Morgan fingerprint density at radius 1 is 1.42 bits per heavy atom. The quantitative estimate of drug-likeness (QED) is 0.859. The molecule has 1 atom stereocenters. The molecule has 0 aromatic carbocycles. The summed E-state index contributed by atoms with van der Waals surface area (Å²) in [5.74, 6) is 0. The number of nitrogens with two attached hydrogens (primary N) is 1. The highest BCUT2D eigenvalue weighted by molar-refractivity contribution is 5.00. The maximum Gasteiger partial charge on any atom is 0.0764 e. The predicted molar refractivity (Wildman–Crippen MR) is 78.9 cm³/mol. The van der Waals surface area contributed by atoms with Crippen LogP contribution >= 0.6 is 0 Å². The molecule has 4 nitrogen and oxygen atoms in total. The van der Waals surface area contributed by atoms with Gasteiger partial charge < -0.3 is 5.73 Å². The second-order valence-electron chi connectivity index (χ2n) is 5.92. The van der Waals surface area contributed by atoms with Crippen LogP contribution in [0.1, 0.15) is 57.2 Å². The molecule has 0 saturated heterocycles. The summed E-state index contributed by atoms with van der Waals surface area (Å²) in [5.41, 5.74) is 6.79. The maximum absolute atomic E-state index is 5.62. The molecular weight excluding hydrogens is 236 g/mol. The third-order valence-corrected chi connectivity index (χ3v) is 4.36. The molecule has 1 heterocycles. The van der Waals surface area contributed by atoms with Crippen LogP contribution in [0.5, 0.6) is 0 Å². The van der Waals surface area contributed by atoms with Gasteiger partial charge in [-0.05, 0) is 45.8 Å². The monoisotopic (exact) mass is 264 g/mol. The van der Waals surface area contributed by atoms with Crippen molar-refractivity contribution in [1.82, 2.24) is 14.7 Å². The summed E-state index contributed by atoms with van der Waals surface area (Å²) in [6, 6.07) is 3.32. The summed E-state index contributed by atoms with van der Waals surface area (Å²) in [6.07, 6.45) is 9.89. The average molecular weight is 264 g/mol. The molecular formula is C15H28N4. The number of hydrogen-bond donors (Lipinski definition) is 1. The Morgan fingerprint density at radius 2 is 2.16 bits per heavy atom. The fourth-order valence-corrected chi connectivity index (χ4v) is 2.88. The van der Waals surface area contributed by atoms with E-state index in [1.165, 1.54) is 37.8 Å². The predicted octanol–water partition coefficient (Wildman–Crippen LogP) is 2.56. The topological polar surface area (TPSA) is 47.1 Å². The van der Waals surface area contributed by atoms with E-state index in [4.69, 9.17) is 10.8 Å². The Labute approximate surface area is 117 Å². The molecule has 0 aliphatic heterocycles. The first-order valence-corrected chi connectivity index (χ1v) is 7.65. The molecule has 2 rings (SSSR count). The van der Waals surface area contributed by atoms with Gasteiger partial charge in [-0.15, -0.1) is 0 Å². The normalized spacial score (nSPS) is 18.9. The Balaban J connectivity index is 1.89. The smallest absolute Gasteiger partial charge is 0.0764 e. The summed E-state index contributed by atoms with van der Waals surface area (Å²) in [6.45, 7) is 3.90. The van der Waals surface area contributed by atoms with Crippen molar-refractivity contribution in [2.45, 2.75) is 64.1 Å². The van der Waals surface area contributed by atoms with Gasteiger partial charge in [0.2, 0.25) is 0 Å². The van der Waals surface area contributed by atoms with Gasteiger partial charge in [-0.25, -0.2) is 0 Å². The zero-order chi connectivity index (χ0) is 13.7. The van der Waals surface area contributed by atoms with Gasteiger partial charge in [0, 0.05) is 18.8 Å². The van der Waals surface area contributed by atoms with Gasteiger partial charge in [0.05, 0.1) is 11.7 Å². The molecule has 1 saturated carbocycles. The minimum absolute atomic E-state index is 0.518. The van der Waals surface area contributed by atoms with Crippen molar-refractivity contribution >= 4 is 0 Å². The van der Waals surface area contributed by atoms with Crippen molar-refractivity contribution in [2.75, 3.05) is 13.6 Å². The standard InChI is InChI=1S/C15H28N4/c1-13(8-10-16)18(2)12-14-9-11-19(17-14)15-6-4-3-5-7-15/h9,11,13,15H,3-8,10,12,16H2,1-2H3. The summed E-state index contributed by atoms with van der Waals surface area (Å²) in [4.78, 5) is 2.33. The van der Waals surface area contributed by atoms with Gasteiger partial charge in [0.1, 0.15) is 0 Å². The number of nitrogens with zero attached hydrogens (tertiary/aromatic N) is 3. The first-order valence-electron chi connectivity index (χ1n) is 7.65. The fraction of sp³-hybridized carbons (Fsp3) is 0.800. The van der Waals surface area contributed by atoms with Crippen LogP contribution in [0.25, 0.3) is 0 Å². The summed E-state index contributed by atoms with van der Waals surface area (Å²) in [5, 5.41) is 4.76. The molecule has 1 aliphatic carbocycles. The highest BCUT2D eigenvalue weighted by Crippen LogP contribution is 2.27. The molecule has 1 unspecified atom stereocenters. The van der Waals surface area contributed by atoms with Crippen LogP contribution in [0, 0.1) is 0 Å². The van der Waals surface area contributed by atoms with Gasteiger partial charge >= 0.3 is 0 Å². The van der Waals surface area contributed by atoms with E-state index < -0.39 is 0 Å². The Bertz CT molecular complexity index is 368. The lowest BCUT2D eigenvalue weighted by molar-refractivity contribution is 0.235. The molecule has 2 N–H and O–H groups in total. The summed E-state index contributed by atoms with van der Waals surface area (Å²) >= 11 is 0. The van der Waals surface area contributed by atoms with Crippen molar-refractivity contribution in [3.63, 3.8) is 0 Å². The highest BCUT2D eigenvalue weighted by Gasteiger charge is 2.17. The maximum atomic E-state index is 5.62. The van der Waals surface area contributed by atoms with Crippen LogP contribution in [0.4, 0.5) is 0 Å². The van der Waals surface area contributed by atoms with Gasteiger partial charge in [0.15, 0.2) is 0 Å². The molecule has 0 amide bonds. The van der Waals surface area contributed by atoms with Crippen molar-refractivity contribution < 1.29 is 0 Å². The Kier molecular flexibility index (Phi) is 5.40. The summed E-state index contributed by atoms with van der Waals surface area (Å²) < 4.78 is 2.19. The first-order chi connectivity index (χ1) is 9.20. The van der Waals surface area contributed by atoms with Gasteiger partial charge in [0.25, 0.3) is 0 Å². The molecule has 1 aliphatic rings. The van der Waals surface area contributed by atoms with E-state index in [2.05, 4.69) is 35.8 Å². The van der Waals surface area contributed by atoms with Crippen LogP contribution in [0.3, 0.4) is 0 Å². The fourth-order valence-electron chi connectivity index (χ4n) is 2.88. The molecule has 0 bridgehead atoms. The van der Waals surface area contributed by atoms with Crippen LogP contribution in [0.2, 0.25) is 0 Å². The second kappa shape index (κ2) is 7.06. The molecule has 1 aromatic heterocycles. The molecule has 1 fully saturated rings. The van der Waals surface area contributed by atoms with Crippen molar-refractivity contribution in [3.05, 3.63) is 18.0 Å². The number of hydrogen-bond acceptors (Lipinski definition) is 3. The first kappa shape index (κ1) is 14.5. The minimum Gasteiger partial charge on any atom is -0.330 e. The zero-order valence-corrected chi connectivity index (χ0v) is 12.4. The Morgan fingerprint density at radius 3 is 2.84 bits per heavy atom. The molecule has 0 spiro atoms. The summed E-state index contributed by atoms with van der Waals surface area (Å²) in [7, 11) is 2.15. The van der Waals surface area contributed by atoms with E-state index in [-0.39, 0.29) is 0 Å². The Hall–Kier alpha value is -0.870. The van der Waals surface area contributed by atoms with Crippen molar-refractivity contribution in [3.8, 4) is 0 Å². The van der Waals surface area contributed by atoms with Crippen LogP contribution in [0.15, 0.2) is 12.3 Å². The minimum atomic E-state index is 0.518. The van der Waals surface area contributed by atoms with E-state index in [9.17, 15) is 0 Å². The largest absolute Gasteiger partial charge is 0.330 e. The van der Waals surface area contributed by atoms with E-state index in [1.807, 2.05) is 0 Å². The lowest BCUT2D eigenvalue weighted by Gasteiger charge is -2.24. The van der Waals surface area contributed by atoms with Gasteiger partial charge in [-0.2, -0.15) is 5.10 Å². The van der Waals surface area contributed by atoms with Gasteiger partial charge in [-0.1, -0.05) is 19.3 Å². The molecule has 19 heavy (non-hydrogen) atoms. The lowest BCUT2D eigenvalue weighted by Crippen LogP contribution is -2.30. The van der Waals surface area contributed by atoms with Gasteiger partial charge in [-0.3, -0.25) is 9.58 Å². The molecule has 108 valence electrons. The second-order valence-corrected chi connectivity index (χ2v) is 5.92. The third-order valence-electron chi connectivity index (χ3n) is 4.36. The van der Waals surface area contributed by atoms with Crippen molar-refractivity contribution in [2.24, 2.45) is 5.73 Å². The zero-order valence-electron chi connectivity index (χ0n) is 12.4. The SMILES string of the molecule is CC(CCN)N(C)Cc1ccn(C2CCCCC2)n1. The highest BCUT2D eigenvalue weighted by atomic mass is 15.3. The van der Waals surface area contributed by atoms with Crippen LogP contribution < -0.4 is 5.73 Å². The van der Waals surface area contributed by atoms with Crippen LogP contribution in [-0.4, -0.2) is 34.3 Å². The van der Waals surface area contributed by atoms with E-state index in [1.54, 1.807) is 0 Å². The van der Waals surface area contributed by atoms with E-state index in [0.717, 1.165) is 19.5 Å². The lowest BCUT2D eigenvalue weighted by atomic mass is 9.96. The van der Waals surface area contributed by atoms with Crippen LogP contribution in [-0.2, 0) is 6.54 Å². The van der Waals surface area contributed by atoms with Crippen molar-refractivity contribution in [1.29, 1.82) is 0 Å².